The largest absolute Gasteiger partial charge is 0.379 e. The highest BCUT2D eigenvalue weighted by atomic mass is 16.5. The van der Waals surface area contributed by atoms with Gasteiger partial charge in [-0.15, -0.1) is 0 Å². The molecule has 5 heteroatoms. The summed E-state index contributed by atoms with van der Waals surface area (Å²) >= 11 is 0. The number of hydrogen-bond donors (Lipinski definition) is 1. The molecule has 0 spiro atoms. The molecule has 1 atom stereocenters. The second-order valence-corrected chi connectivity index (χ2v) is 6.64. The molecule has 1 amide bonds. The minimum atomic E-state index is -0.436. The van der Waals surface area contributed by atoms with Crippen molar-refractivity contribution < 1.29 is 9.53 Å². The Kier molecular flexibility index (Phi) is 5.11. The summed E-state index contributed by atoms with van der Waals surface area (Å²) in [5.74, 6) is 0.0506. The van der Waals surface area contributed by atoms with Crippen molar-refractivity contribution in [3.05, 3.63) is 36.5 Å². The molecular weight excluding hydrogens is 302 g/mol. The first-order chi connectivity index (χ1) is 11.6. The van der Waals surface area contributed by atoms with Crippen molar-refractivity contribution in [3.63, 3.8) is 0 Å². The Morgan fingerprint density at radius 3 is 2.79 bits per heavy atom. The molecule has 128 valence electrons. The highest BCUT2D eigenvalue weighted by molar-refractivity contribution is 6.02. The number of carbonyl (C=O) groups excluding carboxylic acids is 1. The third-order valence-corrected chi connectivity index (χ3v) is 4.89. The molecule has 1 aromatic carbocycles. The number of nitrogens with zero attached hydrogens (tertiary/aromatic N) is 2. The van der Waals surface area contributed by atoms with E-state index < -0.39 is 5.41 Å². The van der Waals surface area contributed by atoms with Crippen molar-refractivity contribution in [2.75, 3.05) is 38.2 Å². The first-order valence-electron chi connectivity index (χ1n) is 8.58. The summed E-state index contributed by atoms with van der Waals surface area (Å²) in [6, 6.07) is 9.78. The maximum absolute atomic E-state index is 13.0. The number of anilines is 1. The maximum Gasteiger partial charge on any atom is 0.231 e. The number of hydrogen-bond acceptors (Lipinski definition) is 4. The van der Waals surface area contributed by atoms with Crippen LogP contribution in [0.25, 0.3) is 10.9 Å². The first kappa shape index (κ1) is 16.9. The molecule has 0 radical (unpaired) electrons. The molecule has 1 fully saturated rings. The Hall–Kier alpha value is -1.98. The van der Waals surface area contributed by atoms with E-state index in [-0.39, 0.29) is 5.91 Å². The number of para-hydroxylation sites is 1. The molecule has 1 aromatic heterocycles. The first-order valence-corrected chi connectivity index (χ1v) is 8.58. The lowest BCUT2D eigenvalue weighted by atomic mass is 9.85. The van der Waals surface area contributed by atoms with Gasteiger partial charge in [-0.25, -0.2) is 0 Å². The van der Waals surface area contributed by atoms with Crippen LogP contribution < -0.4 is 5.32 Å². The zero-order chi connectivity index (χ0) is 17.0. The predicted molar refractivity (Wildman–Crippen MR) is 96.0 cm³/mol. The van der Waals surface area contributed by atoms with E-state index in [2.05, 4.69) is 22.1 Å². The number of pyridine rings is 1. The number of nitrogens with one attached hydrogen (secondary N) is 1. The van der Waals surface area contributed by atoms with E-state index >= 15 is 0 Å². The molecule has 24 heavy (non-hydrogen) atoms. The second-order valence-electron chi connectivity index (χ2n) is 6.64. The molecule has 1 aliphatic rings. The fraction of sp³-hybridized carbons (Fsp3) is 0.474. The molecule has 2 aromatic rings. The van der Waals surface area contributed by atoms with Crippen molar-refractivity contribution in [2.24, 2.45) is 5.41 Å². The van der Waals surface area contributed by atoms with Crippen LogP contribution in [0.3, 0.4) is 0 Å². The summed E-state index contributed by atoms with van der Waals surface area (Å²) in [5, 5.41) is 4.14. The third-order valence-electron chi connectivity index (χ3n) is 4.89. The van der Waals surface area contributed by atoms with Crippen LogP contribution in [0.15, 0.2) is 36.5 Å². The summed E-state index contributed by atoms with van der Waals surface area (Å²) in [6.07, 6.45) is 2.54. The molecule has 2 heterocycles. The van der Waals surface area contributed by atoms with E-state index in [0.29, 0.717) is 0 Å². The van der Waals surface area contributed by atoms with Gasteiger partial charge in [0.05, 0.1) is 29.8 Å². The van der Waals surface area contributed by atoms with Crippen LogP contribution in [-0.4, -0.2) is 48.6 Å². The van der Waals surface area contributed by atoms with Gasteiger partial charge in [0.15, 0.2) is 0 Å². The summed E-state index contributed by atoms with van der Waals surface area (Å²) in [7, 11) is 0. The van der Waals surface area contributed by atoms with Gasteiger partial charge in [0, 0.05) is 31.2 Å². The molecule has 1 saturated heterocycles. The maximum atomic E-state index is 13.0. The van der Waals surface area contributed by atoms with Gasteiger partial charge in [0.25, 0.3) is 0 Å². The van der Waals surface area contributed by atoms with Crippen molar-refractivity contribution in [1.29, 1.82) is 0 Å². The number of aromatic nitrogens is 1. The molecular formula is C19H25N3O2. The van der Waals surface area contributed by atoms with E-state index in [1.807, 2.05) is 37.3 Å². The number of benzene rings is 1. The number of rotatable bonds is 5. The Labute approximate surface area is 143 Å². The van der Waals surface area contributed by atoms with Crippen molar-refractivity contribution in [3.8, 4) is 0 Å². The lowest BCUT2D eigenvalue weighted by molar-refractivity contribution is -0.126. The molecule has 1 N–H and O–H groups in total. The van der Waals surface area contributed by atoms with E-state index in [4.69, 9.17) is 4.74 Å². The van der Waals surface area contributed by atoms with Crippen molar-refractivity contribution >= 4 is 22.5 Å². The second kappa shape index (κ2) is 7.28. The molecule has 5 nitrogen and oxygen atoms in total. The van der Waals surface area contributed by atoms with Crippen molar-refractivity contribution in [2.45, 2.75) is 20.3 Å². The number of amides is 1. The Morgan fingerprint density at radius 2 is 2.04 bits per heavy atom. The number of carbonyl (C=O) groups is 1. The van der Waals surface area contributed by atoms with Crippen LogP contribution >= 0.6 is 0 Å². The van der Waals surface area contributed by atoms with Crippen LogP contribution in [0.4, 0.5) is 5.69 Å². The monoisotopic (exact) mass is 327 g/mol. The van der Waals surface area contributed by atoms with Gasteiger partial charge in [-0.3, -0.25) is 14.7 Å². The Bertz CT molecular complexity index is 707. The molecule has 0 saturated carbocycles. The van der Waals surface area contributed by atoms with Crippen molar-refractivity contribution in [1.82, 2.24) is 9.88 Å². The Balaban J connectivity index is 1.78. The van der Waals surface area contributed by atoms with Gasteiger partial charge in [-0.2, -0.15) is 0 Å². The van der Waals surface area contributed by atoms with Crippen LogP contribution in [0.5, 0.6) is 0 Å². The van der Waals surface area contributed by atoms with E-state index in [1.165, 1.54) is 0 Å². The average Bonchev–Trinajstić information content (AvgIpc) is 2.62. The average molecular weight is 327 g/mol. The zero-order valence-corrected chi connectivity index (χ0v) is 14.4. The molecule has 1 aliphatic heterocycles. The topological polar surface area (TPSA) is 54.5 Å². The predicted octanol–water partition coefficient (Wildman–Crippen LogP) is 2.92. The fourth-order valence-corrected chi connectivity index (χ4v) is 3.08. The number of ether oxygens (including phenoxy) is 1. The smallest absolute Gasteiger partial charge is 0.231 e. The number of fused-ring (bicyclic) bond motifs is 1. The van der Waals surface area contributed by atoms with Gasteiger partial charge in [-0.1, -0.05) is 25.1 Å². The summed E-state index contributed by atoms with van der Waals surface area (Å²) in [4.78, 5) is 19.7. The SMILES string of the molecule is CCC(C)(CN1CCOCC1)C(=O)Nc1cccc2cccnc12. The van der Waals surface area contributed by atoms with E-state index in [9.17, 15) is 4.79 Å². The third kappa shape index (κ3) is 3.57. The molecule has 1 unspecified atom stereocenters. The fourth-order valence-electron chi connectivity index (χ4n) is 3.08. The summed E-state index contributed by atoms with van der Waals surface area (Å²) in [5.41, 5.74) is 1.17. The normalized spacial score (nSPS) is 18.2. The molecule has 0 aliphatic carbocycles. The highest BCUT2D eigenvalue weighted by Gasteiger charge is 2.34. The highest BCUT2D eigenvalue weighted by Crippen LogP contribution is 2.28. The molecule has 0 bridgehead atoms. The standard InChI is InChI=1S/C19H25N3O2/c1-3-19(2,14-22-10-12-24-13-11-22)18(23)21-16-8-4-6-15-7-5-9-20-17(15)16/h4-9H,3,10-14H2,1-2H3,(H,21,23). The number of morpholine rings is 1. The molecule has 3 rings (SSSR count). The van der Waals surface area contributed by atoms with E-state index in [0.717, 1.165) is 55.9 Å². The van der Waals surface area contributed by atoms with Crippen LogP contribution in [0.2, 0.25) is 0 Å². The lowest BCUT2D eigenvalue weighted by Gasteiger charge is -2.35. The summed E-state index contributed by atoms with van der Waals surface area (Å²) in [6.45, 7) is 8.12. The van der Waals surface area contributed by atoms with Gasteiger partial charge in [0.2, 0.25) is 5.91 Å². The van der Waals surface area contributed by atoms with Gasteiger partial charge >= 0.3 is 0 Å². The summed E-state index contributed by atoms with van der Waals surface area (Å²) < 4.78 is 5.40. The quantitative estimate of drug-likeness (QED) is 0.917. The lowest BCUT2D eigenvalue weighted by Crippen LogP contribution is -2.47. The minimum absolute atomic E-state index is 0.0506. The minimum Gasteiger partial charge on any atom is -0.379 e. The van der Waals surface area contributed by atoms with Crippen LogP contribution in [0.1, 0.15) is 20.3 Å². The van der Waals surface area contributed by atoms with Crippen LogP contribution in [0, 0.1) is 5.41 Å². The zero-order valence-electron chi connectivity index (χ0n) is 14.4. The van der Waals surface area contributed by atoms with Gasteiger partial charge < -0.3 is 10.1 Å². The van der Waals surface area contributed by atoms with E-state index in [1.54, 1.807) is 6.20 Å². The van der Waals surface area contributed by atoms with Gasteiger partial charge in [-0.05, 0) is 25.5 Å². The van der Waals surface area contributed by atoms with Gasteiger partial charge in [0.1, 0.15) is 0 Å². The van der Waals surface area contributed by atoms with Crippen LogP contribution in [-0.2, 0) is 9.53 Å². The Morgan fingerprint density at radius 1 is 1.29 bits per heavy atom.